The largest absolute Gasteiger partial charge is 0.542 e. The van der Waals surface area contributed by atoms with E-state index in [1.165, 1.54) is 10.5 Å². The lowest BCUT2D eigenvalue weighted by atomic mass is 9.45. The number of aliphatic carboxylic acids is 1. The average Bonchev–Trinajstić information content (AvgIpc) is 3.77. The lowest BCUT2D eigenvalue weighted by Gasteiger charge is -2.60. The topological polar surface area (TPSA) is 148 Å². The standard InChI is InChI=1S/C37H48FN3O6.C2HF3O2/c1-4-5-33-46-32-16-27-26-8-6-24-15-29-23(17-35(24,2)34(26)30(43)18-36(27,3)37(32,47-33)31(44)21-42)19-39-41(29)25-7-9-28(38)22(14-25)20-40-10-12-45-13-11-40;3-2(4,5)1(6)7/h7,9,14-15,19,26-27,30,32-34,42-43H,4-6,8,10-13,16-18,20-21H2,1-3H3;(H,6,7)/t26-,27-,30-,32+,33-,34+,35-,36-,37+;/m0./s1. The van der Waals surface area contributed by atoms with Crippen molar-refractivity contribution in [3.05, 3.63) is 52.6 Å². The number of hydrogen-bond acceptors (Lipinski definition) is 9. The van der Waals surface area contributed by atoms with Crippen molar-refractivity contribution in [3.8, 4) is 5.69 Å². The number of aliphatic hydroxyl groups excluding tert-OH is 2. The number of carboxylic acids is 1. The minimum atomic E-state index is -5.19. The highest BCUT2D eigenvalue weighted by molar-refractivity contribution is 5.91. The molecule has 0 bridgehead atoms. The summed E-state index contributed by atoms with van der Waals surface area (Å²) in [6.45, 7) is 9.66. The van der Waals surface area contributed by atoms with E-state index in [9.17, 15) is 32.6 Å². The summed E-state index contributed by atoms with van der Waals surface area (Å²) in [5.74, 6) is -3.18. The molecule has 0 spiro atoms. The molecule has 54 heavy (non-hydrogen) atoms. The van der Waals surface area contributed by atoms with Crippen LogP contribution in [0.1, 0.15) is 76.1 Å². The molecule has 0 radical (unpaired) electrons. The van der Waals surface area contributed by atoms with Crippen LogP contribution in [0.4, 0.5) is 17.6 Å². The maximum absolute atomic E-state index is 15.0. The molecule has 9 atom stereocenters. The molecule has 3 N–H and O–H groups in total. The number of ether oxygens (including phenoxy) is 3. The number of nitrogens with one attached hydrogen (secondary N) is 1. The minimum absolute atomic E-state index is 0.0116. The van der Waals surface area contributed by atoms with Gasteiger partial charge >= 0.3 is 6.18 Å². The Morgan fingerprint density at radius 3 is 2.57 bits per heavy atom. The van der Waals surface area contributed by atoms with Crippen LogP contribution < -0.4 is 10.0 Å². The summed E-state index contributed by atoms with van der Waals surface area (Å²) < 4.78 is 66.9. The number of quaternary nitrogens is 1. The molecule has 8 rings (SSSR count). The monoisotopic (exact) mass is 763 g/mol. The van der Waals surface area contributed by atoms with Crippen molar-refractivity contribution in [2.24, 2.45) is 28.6 Å². The van der Waals surface area contributed by atoms with Crippen LogP contribution in [0.15, 0.2) is 30.0 Å². The number of hydrogen-bond donors (Lipinski definition) is 3. The van der Waals surface area contributed by atoms with E-state index in [4.69, 9.17) is 29.2 Å². The van der Waals surface area contributed by atoms with Crippen molar-refractivity contribution in [2.45, 2.75) is 103 Å². The minimum Gasteiger partial charge on any atom is -0.542 e. The molecule has 11 nitrogen and oxygen atoms in total. The predicted octanol–water partition coefficient (Wildman–Crippen LogP) is 2.33. The van der Waals surface area contributed by atoms with Crippen LogP contribution >= 0.6 is 0 Å². The van der Waals surface area contributed by atoms with Gasteiger partial charge in [0.25, 0.3) is 0 Å². The van der Waals surface area contributed by atoms with Crippen molar-refractivity contribution < 1.29 is 61.6 Å². The zero-order valence-electron chi connectivity index (χ0n) is 30.8. The number of allylic oxidation sites excluding steroid dienone is 1. The molecule has 0 unspecified atom stereocenters. The average molecular weight is 764 g/mol. The molecule has 2 aromatic rings. The number of aromatic nitrogens is 2. The Morgan fingerprint density at radius 2 is 1.91 bits per heavy atom. The fourth-order valence-electron chi connectivity index (χ4n) is 11.1. The van der Waals surface area contributed by atoms with Gasteiger partial charge in [0.1, 0.15) is 38.0 Å². The van der Waals surface area contributed by atoms with E-state index in [1.807, 2.05) is 23.0 Å². The third kappa shape index (κ3) is 6.32. The quantitative estimate of drug-likeness (QED) is 0.362. The highest BCUT2D eigenvalue weighted by Crippen LogP contribution is 2.70. The highest BCUT2D eigenvalue weighted by atomic mass is 19.4. The lowest BCUT2D eigenvalue weighted by molar-refractivity contribution is -0.921. The summed E-state index contributed by atoms with van der Waals surface area (Å²) in [4.78, 5) is 23.7. The number of aliphatic hydroxyl groups is 2. The number of carbonyl (C=O) groups excluding carboxylic acids is 2. The number of halogens is 4. The first-order valence-corrected chi connectivity index (χ1v) is 19.0. The summed E-state index contributed by atoms with van der Waals surface area (Å²) in [5, 5.41) is 35.9. The second-order valence-corrected chi connectivity index (χ2v) is 16.4. The number of ketones is 1. The van der Waals surface area contributed by atoms with E-state index in [1.54, 1.807) is 6.07 Å². The van der Waals surface area contributed by atoms with Crippen LogP contribution in [0, 0.1) is 34.4 Å². The van der Waals surface area contributed by atoms with Crippen molar-refractivity contribution >= 4 is 17.8 Å². The van der Waals surface area contributed by atoms with Crippen molar-refractivity contribution in [1.29, 1.82) is 0 Å². The lowest BCUT2D eigenvalue weighted by Crippen LogP contribution is -3.12. The van der Waals surface area contributed by atoms with E-state index < -0.39 is 48.3 Å². The number of benzene rings is 1. The second kappa shape index (κ2) is 14.4. The fraction of sp³-hybridized carbons (Fsp3) is 0.667. The molecule has 3 saturated carbocycles. The molecule has 296 valence electrons. The Morgan fingerprint density at radius 1 is 1.19 bits per heavy atom. The molecule has 6 aliphatic rings. The molecule has 5 fully saturated rings. The number of Topliss-reactive ketones (excluding diaryl/α,β-unsaturated/α-hetero) is 1. The van der Waals surface area contributed by atoms with Gasteiger partial charge < -0.3 is 39.2 Å². The van der Waals surface area contributed by atoms with Gasteiger partial charge in [-0.25, -0.2) is 9.07 Å². The number of rotatable bonds is 7. The van der Waals surface area contributed by atoms with Gasteiger partial charge in [0.05, 0.1) is 43.0 Å². The van der Waals surface area contributed by atoms with Crippen molar-refractivity contribution in [3.63, 3.8) is 0 Å². The van der Waals surface area contributed by atoms with Crippen LogP contribution in [-0.4, -0.2) is 94.9 Å². The maximum Gasteiger partial charge on any atom is 0.430 e. The molecule has 1 aromatic heterocycles. The Bertz CT molecular complexity index is 1790. The first kappa shape index (κ1) is 39.0. The maximum atomic E-state index is 15.0. The normalized spacial score (nSPS) is 35.8. The second-order valence-electron chi connectivity index (χ2n) is 16.4. The number of morpholine rings is 1. The van der Waals surface area contributed by atoms with Crippen LogP contribution in [0.5, 0.6) is 0 Å². The first-order chi connectivity index (χ1) is 25.6. The molecule has 1 aromatic carbocycles. The molecule has 2 aliphatic heterocycles. The van der Waals surface area contributed by atoms with Gasteiger partial charge in [0.2, 0.25) is 0 Å². The van der Waals surface area contributed by atoms with Gasteiger partial charge in [-0.1, -0.05) is 32.8 Å². The fourth-order valence-corrected chi connectivity index (χ4v) is 11.1. The third-order valence-corrected chi connectivity index (χ3v) is 13.4. The van der Waals surface area contributed by atoms with Crippen LogP contribution in [0.25, 0.3) is 11.8 Å². The van der Waals surface area contributed by atoms with Gasteiger partial charge in [0, 0.05) is 11.0 Å². The summed E-state index contributed by atoms with van der Waals surface area (Å²) in [7, 11) is 0. The van der Waals surface area contributed by atoms with Crippen molar-refractivity contribution in [2.75, 3.05) is 32.9 Å². The molecule has 2 saturated heterocycles. The molecule has 4 aliphatic carbocycles. The number of alkyl halides is 3. The summed E-state index contributed by atoms with van der Waals surface area (Å²) >= 11 is 0. The molecular weight excluding hydrogens is 714 g/mol. The summed E-state index contributed by atoms with van der Waals surface area (Å²) in [6, 6.07) is 5.31. The van der Waals surface area contributed by atoms with Crippen LogP contribution in [0.3, 0.4) is 0 Å². The Kier molecular flexibility index (Phi) is 10.4. The molecular formula is C39H49F4N3O8. The van der Waals surface area contributed by atoms with Crippen LogP contribution in [0.2, 0.25) is 0 Å². The van der Waals surface area contributed by atoms with E-state index in [-0.39, 0.29) is 34.8 Å². The van der Waals surface area contributed by atoms with E-state index in [0.717, 1.165) is 55.7 Å². The Hall–Kier alpha value is -3.21. The first-order valence-electron chi connectivity index (χ1n) is 19.0. The third-order valence-electron chi connectivity index (χ3n) is 13.4. The molecule has 15 heteroatoms. The van der Waals surface area contributed by atoms with Crippen molar-refractivity contribution in [1.82, 2.24) is 9.78 Å². The SMILES string of the molecule is CCC[C@H]1O[C@@H]2C[C@H]3[C@@H]4CCC5=Cc6c(cnn6-c6ccc(F)c(C[NH+]7CCOCC7)c6)C[C@]5(C)[C@H]4[C@@H](O)C[C@]3(C)[C@]2(C(=O)CO)O1.O=C([O-])C(F)(F)F. The molecule has 0 amide bonds. The van der Waals surface area contributed by atoms with E-state index in [0.29, 0.717) is 44.6 Å². The zero-order chi connectivity index (χ0) is 38.8. The zero-order valence-corrected chi connectivity index (χ0v) is 30.8. The number of nitrogens with zero attached hydrogens (tertiary/aromatic N) is 2. The van der Waals surface area contributed by atoms with Crippen LogP contribution in [-0.2, 0) is 36.8 Å². The highest BCUT2D eigenvalue weighted by Gasteiger charge is 2.75. The molecule has 3 heterocycles. The number of carboxylic acid groups (broad SMARTS) is 1. The van der Waals surface area contributed by atoms with Gasteiger partial charge in [-0.2, -0.15) is 18.3 Å². The Labute approximate surface area is 311 Å². The number of carbonyl (C=O) groups is 2. The smallest absolute Gasteiger partial charge is 0.430 e. The van der Waals surface area contributed by atoms with Gasteiger partial charge in [-0.15, -0.1) is 0 Å². The van der Waals surface area contributed by atoms with Gasteiger partial charge in [-0.05, 0) is 91.5 Å². The Balaban J connectivity index is 0.000000588. The van der Waals surface area contributed by atoms with E-state index in [2.05, 4.69) is 26.8 Å². The number of fused-ring (bicyclic) bond motifs is 8. The van der Waals surface area contributed by atoms with E-state index >= 15 is 0 Å². The summed E-state index contributed by atoms with van der Waals surface area (Å²) in [5.41, 5.74) is 2.91. The van der Waals surface area contributed by atoms with Gasteiger partial charge in [-0.3, -0.25) is 4.79 Å². The summed E-state index contributed by atoms with van der Waals surface area (Å²) in [6.07, 6.45) is 2.78. The van der Waals surface area contributed by atoms with Gasteiger partial charge in [0.15, 0.2) is 17.7 Å². The predicted molar refractivity (Wildman–Crippen MR) is 182 cm³/mol.